The van der Waals surface area contributed by atoms with E-state index in [1.165, 1.54) is 0 Å². The first-order valence-electron chi connectivity index (χ1n) is 6.19. The van der Waals surface area contributed by atoms with Gasteiger partial charge in [0.2, 0.25) is 0 Å². The number of nitrogens with one attached hydrogen (secondary N) is 2. The van der Waals surface area contributed by atoms with Crippen LogP contribution in [0, 0.1) is 9.49 Å². The summed E-state index contributed by atoms with van der Waals surface area (Å²) in [6.07, 6.45) is -0.377. The molecule has 0 aromatic heterocycles. The van der Waals surface area contributed by atoms with Gasteiger partial charge in [-0.1, -0.05) is 0 Å². The molecule has 0 spiro atoms. The number of β-amino-alcohol motifs (C(OH)–C–C–N with tert-alkyl or cyclic N) is 1. The van der Waals surface area contributed by atoms with Gasteiger partial charge in [-0.05, 0) is 46.9 Å². The van der Waals surface area contributed by atoms with Gasteiger partial charge in [-0.3, -0.25) is 4.79 Å². The van der Waals surface area contributed by atoms with E-state index in [-0.39, 0.29) is 36.9 Å². The molecule has 1 aromatic carbocycles. The van der Waals surface area contributed by atoms with Crippen molar-refractivity contribution < 1.29 is 14.6 Å². The predicted molar refractivity (Wildman–Crippen MR) is 87.3 cm³/mol. The molecule has 7 heteroatoms. The number of halogens is 2. The number of hydrogen-bond donors (Lipinski definition) is 3. The molecular weight excluding hydrogens is 395 g/mol. The van der Waals surface area contributed by atoms with Crippen LogP contribution < -0.4 is 15.4 Å². The summed E-state index contributed by atoms with van der Waals surface area (Å²) in [4.78, 5) is 11.6. The monoisotopic (exact) mass is 412 g/mol. The highest BCUT2D eigenvalue weighted by molar-refractivity contribution is 14.1. The average Bonchev–Trinajstić information content (AvgIpc) is 2.81. The average molecular weight is 413 g/mol. The highest BCUT2D eigenvalue weighted by Crippen LogP contribution is 2.13. The number of rotatable bonds is 5. The third-order valence-electron chi connectivity index (χ3n) is 3.05. The molecule has 1 aromatic rings. The van der Waals surface area contributed by atoms with Crippen LogP contribution in [-0.2, 0) is 4.79 Å². The van der Waals surface area contributed by atoms with E-state index < -0.39 is 0 Å². The Morgan fingerprint density at radius 3 is 2.70 bits per heavy atom. The molecule has 0 radical (unpaired) electrons. The van der Waals surface area contributed by atoms with Crippen molar-refractivity contribution in [2.75, 3.05) is 26.2 Å². The molecule has 2 atom stereocenters. The lowest BCUT2D eigenvalue weighted by Gasteiger charge is -2.14. The Morgan fingerprint density at radius 2 is 2.10 bits per heavy atom. The van der Waals surface area contributed by atoms with Gasteiger partial charge in [0.05, 0.1) is 6.10 Å². The lowest BCUT2D eigenvalue weighted by molar-refractivity contribution is -0.123. The number of benzene rings is 1. The maximum absolute atomic E-state index is 11.6. The smallest absolute Gasteiger partial charge is 0.257 e. The minimum absolute atomic E-state index is 0. The number of carbonyl (C=O) groups excluding carboxylic acids is 1. The fraction of sp³-hybridized carbons (Fsp3) is 0.462. The Kier molecular flexibility index (Phi) is 7.57. The molecule has 112 valence electrons. The van der Waals surface area contributed by atoms with Gasteiger partial charge < -0.3 is 20.5 Å². The first-order valence-corrected chi connectivity index (χ1v) is 7.27. The third-order valence-corrected chi connectivity index (χ3v) is 3.77. The van der Waals surface area contributed by atoms with E-state index in [0.29, 0.717) is 18.8 Å². The zero-order valence-electron chi connectivity index (χ0n) is 10.8. The molecule has 0 bridgehead atoms. The molecule has 1 fully saturated rings. The van der Waals surface area contributed by atoms with Crippen molar-refractivity contribution >= 4 is 40.9 Å². The van der Waals surface area contributed by atoms with E-state index in [9.17, 15) is 9.90 Å². The van der Waals surface area contributed by atoms with Crippen LogP contribution in [0.2, 0.25) is 0 Å². The molecule has 2 unspecified atom stereocenters. The van der Waals surface area contributed by atoms with Gasteiger partial charge in [0.1, 0.15) is 5.75 Å². The summed E-state index contributed by atoms with van der Waals surface area (Å²) in [5.41, 5.74) is 0. The third kappa shape index (κ3) is 5.43. The Morgan fingerprint density at radius 1 is 1.40 bits per heavy atom. The van der Waals surface area contributed by atoms with Gasteiger partial charge in [0, 0.05) is 29.1 Å². The Balaban J connectivity index is 0.00000200. The zero-order chi connectivity index (χ0) is 13.7. The minimum atomic E-state index is -0.377. The largest absolute Gasteiger partial charge is 0.484 e. The molecule has 0 saturated carbocycles. The molecule has 1 aliphatic heterocycles. The van der Waals surface area contributed by atoms with Crippen molar-refractivity contribution in [3.8, 4) is 5.75 Å². The summed E-state index contributed by atoms with van der Waals surface area (Å²) >= 11 is 2.21. The Bertz CT molecular complexity index is 430. The molecule has 1 amide bonds. The van der Waals surface area contributed by atoms with E-state index in [4.69, 9.17) is 4.74 Å². The second-order valence-corrected chi connectivity index (χ2v) is 5.78. The van der Waals surface area contributed by atoms with E-state index in [1.807, 2.05) is 24.3 Å². The number of aliphatic hydroxyl groups excluding tert-OH is 1. The van der Waals surface area contributed by atoms with Crippen LogP contribution in [0.15, 0.2) is 24.3 Å². The van der Waals surface area contributed by atoms with Gasteiger partial charge in [-0.15, -0.1) is 12.4 Å². The summed E-state index contributed by atoms with van der Waals surface area (Å²) in [7, 11) is 0. The summed E-state index contributed by atoms with van der Waals surface area (Å²) in [5.74, 6) is 0.595. The molecule has 1 aliphatic rings. The summed E-state index contributed by atoms with van der Waals surface area (Å²) in [6, 6.07) is 7.52. The van der Waals surface area contributed by atoms with Crippen LogP contribution in [0.4, 0.5) is 0 Å². The summed E-state index contributed by atoms with van der Waals surface area (Å²) in [5, 5.41) is 15.4. The van der Waals surface area contributed by atoms with Gasteiger partial charge in [-0.2, -0.15) is 0 Å². The highest BCUT2D eigenvalue weighted by Gasteiger charge is 2.24. The highest BCUT2D eigenvalue weighted by atomic mass is 127. The van der Waals surface area contributed by atoms with Crippen LogP contribution in [-0.4, -0.2) is 43.4 Å². The van der Waals surface area contributed by atoms with Crippen LogP contribution in [0.5, 0.6) is 5.75 Å². The van der Waals surface area contributed by atoms with Crippen LogP contribution in [0.1, 0.15) is 0 Å². The molecule has 1 saturated heterocycles. The Labute approximate surface area is 138 Å². The molecule has 20 heavy (non-hydrogen) atoms. The predicted octanol–water partition coefficient (Wildman–Crippen LogP) is 0.788. The lowest BCUT2D eigenvalue weighted by Crippen LogP contribution is -2.36. The minimum Gasteiger partial charge on any atom is -0.484 e. The maximum atomic E-state index is 11.6. The molecule has 1 heterocycles. The number of hydrogen-bond acceptors (Lipinski definition) is 4. The van der Waals surface area contributed by atoms with Crippen molar-refractivity contribution in [1.29, 1.82) is 0 Å². The fourth-order valence-corrected chi connectivity index (χ4v) is 2.26. The van der Waals surface area contributed by atoms with Crippen molar-refractivity contribution in [3.63, 3.8) is 0 Å². The number of aliphatic hydroxyl groups is 1. The van der Waals surface area contributed by atoms with Gasteiger partial charge in [0.15, 0.2) is 6.61 Å². The topological polar surface area (TPSA) is 70.6 Å². The van der Waals surface area contributed by atoms with E-state index in [2.05, 4.69) is 33.2 Å². The summed E-state index contributed by atoms with van der Waals surface area (Å²) in [6.45, 7) is 1.80. The molecule has 5 nitrogen and oxygen atoms in total. The number of ether oxygens (including phenoxy) is 1. The van der Waals surface area contributed by atoms with Crippen LogP contribution in [0.25, 0.3) is 0 Å². The first kappa shape index (κ1) is 17.5. The standard InChI is InChI=1S/C13H17IN2O3.ClH/c14-10-1-3-11(4-2-10)19-8-13(18)16-6-9-5-15-7-12(9)17;/h1-4,9,12,15,17H,5-8H2,(H,16,18);1H. The van der Waals surface area contributed by atoms with E-state index in [0.717, 1.165) is 10.1 Å². The van der Waals surface area contributed by atoms with E-state index >= 15 is 0 Å². The van der Waals surface area contributed by atoms with Crippen molar-refractivity contribution in [2.45, 2.75) is 6.10 Å². The van der Waals surface area contributed by atoms with Crippen molar-refractivity contribution in [2.24, 2.45) is 5.92 Å². The van der Waals surface area contributed by atoms with Crippen LogP contribution in [0.3, 0.4) is 0 Å². The van der Waals surface area contributed by atoms with Crippen LogP contribution >= 0.6 is 35.0 Å². The molecular formula is C13H18ClIN2O3. The second kappa shape index (κ2) is 8.66. The van der Waals surface area contributed by atoms with Gasteiger partial charge in [-0.25, -0.2) is 0 Å². The SMILES string of the molecule is Cl.O=C(COc1ccc(I)cc1)NCC1CNCC1O. The number of carbonyl (C=O) groups is 1. The summed E-state index contributed by atoms with van der Waals surface area (Å²) < 4.78 is 6.49. The normalized spacial score (nSPS) is 21.1. The fourth-order valence-electron chi connectivity index (χ4n) is 1.90. The quantitative estimate of drug-likeness (QED) is 0.626. The van der Waals surface area contributed by atoms with Gasteiger partial charge >= 0.3 is 0 Å². The van der Waals surface area contributed by atoms with Crippen molar-refractivity contribution in [1.82, 2.24) is 10.6 Å². The van der Waals surface area contributed by atoms with Gasteiger partial charge in [0.25, 0.3) is 5.91 Å². The Hall–Kier alpha value is -0.570. The first-order chi connectivity index (χ1) is 9.15. The molecule has 3 N–H and O–H groups in total. The second-order valence-electron chi connectivity index (χ2n) is 4.53. The molecule has 0 aliphatic carbocycles. The number of amides is 1. The maximum Gasteiger partial charge on any atom is 0.257 e. The lowest BCUT2D eigenvalue weighted by atomic mass is 10.1. The van der Waals surface area contributed by atoms with Crippen molar-refractivity contribution in [3.05, 3.63) is 27.8 Å². The molecule has 2 rings (SSSR count). The zero-order valence-corrected chi connectivity index (χ0v) is 13.8. The van der Waals surface area contributed by atoms with E-state index in [1.54, 1.807) is 0 Å².